The summed E-state index contributed by atoms with van der Waals surface area (Å²) in [4.78, 5) is 0. The fourth-order valence-electron chi connectivity index (χ4n) is 2.32. The Labute approximate surface area is 106 Å². The number of hydrogen-bond acceptors (Lipinski definition) is 2. The fourth-order valence-corrected chi connectivity index (χ4v) is 2.52. The number of halogens is 2. The van der Waals surface area contributed by atoms with Gasteiger partial charge in [0.2, 0.25) is 0 Å². The van der Waals surface area contributed by atoms with Gasteiger partial charge in [-0.3, -0.25) is 0 Å². The molecule has 94 valence electrons. The monoisotopic (exact) mass is 257 g/mol. The molecule has 0 aliphatic heterocycles. The van der Waals surface area contributed by atoms with Gasteiger partial charge in [-0.15, -0.1) is 0 Å². The second-order valence-electron chi connectivity index (χ2n) is 4.70. The topological polar surface area (TPSA) is 32.3 Å². The average Bonchev–Trinajstić information content (AvgIpc) is 2.69. The van der Waals surface area contributed by atoms with E-state index in [1.165, 1.54) is 6.07 Å². The zero-order valence-corrected chi connectivity index (χ0v) is 10.4. The molecule has 0 bridgehead atoms. The Morgan fingerprint density at radius 3 is 2.94 bits per heavy atom. The highest BCUT2D eigenvalue weighted by Crippen LogP contribution is 2.24. The molecule has 1 aromatic carbocycles. The molecule has 0 radical (unpaired) electrons. The maximum atomic E-state index is 13.4. The van der Waals surface area contributed by atoms with Crippen molar-refractivity contribution in [3.05, 3.63) is 34.6 Å². The van der Waals surface area contributed by atoms with Crippen LogP contribution in [0, 0.1) is 11.7 Å². The van der Waals surface area contributed by atoms with Gasteiger partial charge in [-0.25, -0.2) is 4.39 Å². The summed E-state index contributed by atoms with van der Waals surface area (Å²) in [7, 11) is 0. The first-order chi connectivity index (χ1) is 8.15. The minimum atomic E-state index is -0.228. The van der Waals surface area contributed by atoms with Gasteiger partial charge in [0.25, 0.3) is 0 Å². The van der Waals surface area contributed by atoms with Gasteiger partial charge in [0, 0.05) is 17.1 Å². The predicted octanol–water partition coefficient (Wildman–Crippen LogP) is 2.73. The molecule has 17 heavy (non-hydrogen) atoms. The Morgan fingerprint density at radius 1 is 1.41 bits per heavy atom. The lowest BCUT2D eigenvalue weighted by Crippen LogP contribution is -2.21. The third kappa shape index (κ3) is 3.66. The molecule has 0 aromatic heterocycles. The molecule has 1 fully saturated rings. The average molecular weight is 258 g/mol. The van der Waals surface area contributed by atoms with Crippen LogP contribution in [0.2, 0.25) is 5.02 Å². The fraction of sp³-hybridized carbons (Fsp3) is 0.538. The maximum Gasteiger partial charge on any atom is 0.127 e. The first kappa shape index (κ1) is 12.8. The van der Waals surface area contributed by atoms with Gasteiger partial charge < -0.3 is 10.4 Å². The van der Waals surface area contributed by atoms with E-state index in [1.807, 2.05) is 0 Å². The lowest BCUT2D eigenvalue weighted by atomic mass is 10.1. The van der Waals surface area contributed by atoms with Crippen LogP contribution in [0.25, 0.3) is 0 Å². The van der Waals surface area contributed by atoms with Crippen molar-refractivity contribution in [2.75, 3.05) is 6.54 Å². The zero-order valence-electron chi connectivity index (χ0n) is 9.63. The molecule has 1 aliphatic rings. The molecule has 4 heteroatoms. The molecule has 2 atom stereocenters. The summed E-state index contributed by atoms with van der Waals surface area (Å²) in [6, 6.07) is 4.58. The molecule has 2 N–H and O–H groups in total. The van der Waals surface area contributed by atoms with Crippen LogP contribution in [0.3, 0.4) is 0 Å². The molecule has 1 aliphatic carbocycles. The van der Waals surface area contributed by atoms with Gasteiger partial charge in [-0.1, -0.05) is 11.6 Å². The highest BCUT2D eigenvalue weighted by atomic mass is 35.5. The Hall–Kier alpha value is -0.640. The van der Waals surface area contributed by atoms with Crippen LogP contribution in [0.5, 0.6) is 0 Å². The van der Waals surface area contributed by atoms with Crippen LogP contribution in [0.15, 0.2) is 18.2 Å². The SMILES string of the molecule is OC1CCC(CNCc2cc(Cl)ccc2F)C1. The Morgan fingerprint density at radius 2 is 2.24 bits per heavy atom. The van der Waals surface area contributed by atoms with E-state index in [-0.39, 0.29) is 11.9 Å². The van der Waals surface area contributed by atoms with Crippen molar-refractivity contribution in [3.8, 4) is 0 Å². The van der Waals surface area contributed by atoms with Gasteiger partial charge in [0.15, 0.2) is 0 Å². The molecule has 1 aromatic rings. The number of nitrogens with one attached hydrogen (secondary N) is 1. The van der Waals surface area contributed by atoms with E-state index in [1.54, 1.807) is 12.1 Å². The van der Waals surface area contributed by atoms with Crippen LogP contribution in [0.1, 0.15) is 24.8 Å². The van der Waals surface area contributed by atoms with Gasteiger partial charge in [0.1, 0.15) is 5.82 Å². The summed E-state index contributed by atoms with van der Waals surface area (Å²) in [5, 5.41) is 13.2. The highest BCUT2D eigenvalue weighted by molar-refractivity contribution is 6.30. The summed E-state index contributed by atoms with van der Waals surface area (Å²) in [6.07, 6.45) is 2.64. The molecule has 0 saturated heterocycles. The normalized spacial score (nSPS) is 24.2. The third-order valence-electron chi connectivity index (χ3n) is 3.27. The van der Waals surface area contributed by atoms with E-state index < -0.39 is 0 Å². The second-order valence-corrected chi connectivity index (χ2v) is 5.14. The van der Waals surface area contributed by atoms with E-state index in [9.17, 15) is 9.50 Å². The predicted molar refractivity (Wildman–Crippen MR) is 66.5 cm³/mol. The van der Waals surface area contributed by atoms with Crippen molar-refractivity contribution in [1.82, 2.24) is 5.32 Å². The van der Waals surface area contributed by atoms with Gasteiger partial charge in [-0.05, 0) is 49.9 Å². The van der Waals surface area contributed by atoms with Gasteiger partial charge in [0.05, 0.1) is 6.10 Å². The minimum absolute atomic E-state index is 0.148. The molecule has 2 rings (SSSR count). The molecule has 0 heterocycles. The maximum absolute atomic E-state index is 13.4. The summed E-state index contributed by atoms with van der Waals surface area (Å²) in [5.41, 5.74) is 0.594. The van der Waals surface area contributed by atoms with Crippen molar-refractivity contribution in [1.29, 1.82) is 0 Å². The van der Waals surface area contributed by atoms with E-state index in [0.717, 1.165) is 25.8 Å². The second kappa shape index (κ2) is 5.80. The number of hydrogen-bond donors (Lipinski definition) is 2. The number of rotatable bonds is 4. The van der Waals surface area contributed by atoms with Crippen molar-refractivity contribution in [2.45, 2.75) is 31.9 Å². The number of aliphatic hydroxyl groups is 1. The van der Waals surface area contributed by atoms with E-state index in [0.29, 0.717) is 23.0 Å². The van der Waals surface area contributed by atoms with E-state index in [4.69, 9.17) is 11.6 Å². The van der Waals surface area contributed by atoms with Crippen LogP contribution in [0.4, 0.5) is 4.39 Å². The van der Waals surface area contributed by atoms with E-state index in [2.05, 4.69) is 5.32 Å². The molecule has 1 saturated carbocycles. The first-order valence-corrected chi connectivity index (χ1v) is 6.35. The zero-order chi connectivity index (χ0) is 12.3. The molecule has 0 spiro atoms. The molecule has 2 unspecified atom stereocenters. The Bertz CT molecular complexity index is 386. The van der Waals surface area contributed by atoms with Gasteiger partial charge in [-0.2, -0.15) is 0 Å². The van der Waals surface area contributed by atoms with Crippen LogP contribution in [-0.4, -0.2) is 17.8 Å². The summed E-state index contributed by atoms with van der Waals surface area (Å²) >= 11 is 5.81. The third-order valence-corrected chi connectivity index (χ3v) is 3.50. The summed E-state index contributed by atoms with van der Waals surface area (Å²) in [5.74, 6) is 0.278. The lowest BCUT2D eigenvalue weighted by molar-refractivity contribution is 0.177. The van der Waals surface area contributed by atoms with Crippen LogP contribution in [-0.2, 0) is 6.54 Å². The quantitative estimate of drug-likeness (QED) is 0.869. The Kier molecular flexibility index (Phi) is 4.37. The molecular weight excluding hydrogens is 241 g/mol. The van der Waals surface area contributed by atoms with Crippen molar-refractivity contribution in [3.63, 3.8) is 0 Å². The van der Waals surface area contributed by atoms with Crippen molar-refractivity contribution in [2.24, 2.45) is 5.92 Å². The number of benzene rings is 1. The van der Waals surface area contributed by atoms with Crippen molar-refractivity contribution < 1.29 is 9.50 Å². The standard InChI is InChI=1S/C13H17ClFNO/c14-11-2-4-13(15)10(6-11)8-16-7-9-1-3-12(17)5-9/h2,4,6,9,12,16-17H,1,3,5,7-8H2. The summed E-state index contributed by atoms with van der Waals surface area (Å²) in [6.45, 7) is 1.31. The first-order valence-electron chi connectivity index (χ1n) is 5.98. The lowest BCUT2D eigenvalue weighted by Gasteiger charge is -2.11. The minimum Gasteiger partial charge on any atom is -0.393 e. The molecule has 0 amide bonds. The smallest absolute Gasteiger partial charge is 0.127 e. The summed E-state index contributed by atoms with van der Waals surface area (Å²) < 4.78 is 13.4. The molecule has 2 nitrogen and oxygen atoms in total. The van der Waals surface area contributed by atoms with Crippen LogP contribution < -0.4 is 5.32 Å². The number of aliphatic hydroxyl groups excluding tert-OH is 1. The molecular formula is C13H17ClFNO. The van der Waals surface area contributed by atoms with E-state index >= 15 is 0 Å². The highest BCUT2D eigenvalue weighted by Gasteiger charge is 2.22. The van der Waals surface area contributed by atoms with Crippen molar-refractivity contribution >= 4 is 11.6 Å². The van der Waals surface area contributed by atoms with Crippen LogP contribution >= 0.6 is 11.6 Å². The Balaban J connectivity index is 1.80. The largest absolute Gasteiger partial charge is 0.393 e. The van der Waals surface area contributed by atoms with Gasteiger partial charge >= 0.3 is 0 Å².